The van der Waals surface area contributed by atoms with Gasteiger partial charge in [0.15, 0.2) is 5.17 Å². The van der Waals surface area contributed by atoms with Crippen molar-refractivity contribution < 1.29 is 9.53 Å². The molecule has 0 N–H and O–H groups in total. The molecule has 1 saturated heterocycles. The second-order valence-corrected chi connectivity index (χ2v) is 9.07. The minimum atomic E-state index is -0.0911. The van der Waals surface area contributed by atoms with Gasteiger partial charge in [0.05, 0.1) is 27.9 Å². The number of carbonyl (C=O) groups excluding carboxylic acids is 1. The zero-order chi connectivity index (χ0) is 22.0. The van der Waals surface area contributed by atoms with Crippen molar-refractivity contribution in [2.75, 3.05) is 12.0 Å². The molecule has 3 aromatic carbocycles. The third-order valence-corrected chi connectivity index (χ3v) is 6.42. The van der Waals surface area contributed by atoms with Crippen molar-refractivity contribution in [3.63, 3.8) is 0 Å². The van der Waals surface area contributed by atoms with E-state index < -0.39 is 0 Å². The van der Waals surface area contributed by atoms with E-state index in [1.54, 1.807) is 12.0 Å². The van der Waals surface area contributed by atoms with Crippen LogP contribution in [0.25, 0.3) is 6.08 Å². The molecule has 0 atom stereocenters. The molecule has 0 saturated carbocycles. The van der Waals surface area contributed by atoms with Crippen molar-refractivity contribution >= 4 is 56.2 Å². The first-order valence-corrected chi connectivity index (χ1v) is 11.3. The molecule has 1 heterocycles. The highest BCUT2D eigenvalue weighted by molar-refractivity contribution is 9.10. The molecule has 3 aromatic rings. The molecule has 0 spiro atoms. The lowest BCUT2D eigenvalue weighted by molar-refractivity contribution is -0.113. The van der Waals surface area contributed by atoms with Crippen LogP contribution in [-0.4, -0.2) is 18.2 Å². The van der Waals surface area contributed by atoms with Crippen LogP contribution in [0.5, 0.6) is 5.75 Å². The summed E-state index contributed by atoms with van der Waals surface area (Å²) in [6.45, 7) is 4.07. The second kappa shape index (κ2) is 9.12. The number of amides is 1. The molecule has 0 bridgehead atoms. The number of aliphatic imine (C=N–C) groups is 1. The predicted octanol–water partition coefficient (Wildman–Crippen LogP) is 6.88. The van der Waals surface area contributed by atoms with E-state index in [9.17, 15) is 4.79 Å². The number of benzene rings is 3. The number of amidine groups is 1. The lowest BCUT2D eigenvalue weighted by Gasteiger charge is -2.16. The topological polar surface area (TPSA) is 41.9 Å². The molecular formula is C25H21BrN2O2S. The normalized spacial score (nSPS) is 16.4. The standard InChI is InChI=1S/C25H21BrN2O2S/c1-16-4-9-19(10-5-16)27-25-28(20-11-6-17(2)7-12-20)24(29)23(31-25)15-18-8-13-22(30-3)21(26)14-18/h4-15H,1-3H3/b23-15+,27-25?. The molecule has 156 valence electrons. The number of aryl methyl sites for hydroxylation is 2. The highest BCUT2D eigenvalue weighted by Crippen LogP contribution is 2.38. The van der Waals surface area contributed by atoms with E-state index >= 15 is 0 Å². The minimum Gasteiger partial charge on any atom is -0.496 e. The summed E-state index contributed by atoms with van der Waals surface area (Å²) in [5.41, 5.74) is 4.82. The molecule has 4 rings (SSSR count). The molecule has 1 aliphatic rings. The van der Waals surface area contributed by atoms with Crippen molar-refractivity contribution in [2.45, 2.75) is 13.8 Å². The first-order chi connectivity index (χ1) is 14.9. The molecule has 0 unspecified atom stereocenters. The van der Waals surface area contributed by atoms with Crippen LogP contribution < -0.4 is 9.64 Å². The van der Waals surface area contributed by atoms with E-state index in [4.69, 9.17) is 9.73 Å². The van der Waals surface area contributed by atoms with Gasteiger partial charge in [0, 0.05) is 0 Å². The van der Waals surface area contributed by atoms with Crippen LogP contribution in [0.15, 0.2) is 81.1 Å². The number of rotatable bonds is 4. The SMILES string of the molecule is COc1ccc(/C=C2/SC(=Nc3ccc(C)cc3)N(c3ccc(C)cc3)C2=O)cc1Br. The third kappa shape index (κ3) is 4.75. The zero-order valence-electron chi connectivity index (χ0n) is 17.4. The van der Waals surface area contributed by atoms with Crippen LogP contribution in [-0.2, 0) is 4.79 Å². The maximum absolute atomic E-state index is 13.4. The summed E-state index contributed by atoms with van der Waals surface area (Å²) < 4.78 is 6.14. The van der Waals surface area contributed by atoms with Crippen LogP contribution in [0.2, 0.25) is 0 Å². The van der Waals surface area contributed by atoms with Crippen LogP contribution >= 0.6 is 27.7 Å². The van der Waals surface area contributed by atoms with Crippen LogP contribution in [0.1, 0.15) is 16.7 Å². The molecule has 0 aromatic heterocycles. The first kappa shape index (κ1) is 21.4. The van der Waals surface area contributed by atoms with Crippen LogP contribution in [0.3, 0.4) is 0 Å². The fraction of sp³-hybridized carbons (Fsp3) is 0.120. The van der Waals surface area contributed by atoms with Gasteiger partial charge in [-0.15, -0.1) is 0 Å². The van der Waals surface area contributed by atoms with Crippen LogP contribution in [0.4, 0.5) is 11.4 Å². The molecule has 1 aliphatic heterocycles. The fourth-order valence-corrected chi connectivity index (χ4v) is 4.68. The number of hydrogen-bond acceptors (Lipinski definition) is 4. The predicted molar refractivity (Wildman–Crippen MR) is 133 cm³/mol. The number of carbonyl (C=O) groups is 1. The van der Waals surface area contributed by atoms with Gasteiger partial charge < -0.3 is 4.74 Å². The first-order valence-electron chi connectivity index (χ1n) is 9.74. The number of hydrogen-bond donors (Lipinski definition) is 0. The fourth-order valence-electron chi connectivity index (χ4n) is 3.12. The Balaban J connectivity index is 1.75. The second-order valence-electron chi connectivity index (χ2n) is 7.21. The van der Waals surface area contributed by atoms with E-state index in [1.165, 1.54) is 17.3 Å². The summed E-state index contributed by atoms with van der Waals surface area (Å²) >= 11 is 4.89. The Morgan fingerprint density at radius 1 is 0.968 bits per heavy atom. The Labute approximate surface area is 194 Å². The van der Waals surface area contributed by atoms with Gasteiger partial charge in [-0.3, -0.25) is 9.69 Å². The van der Waals surface area contributed by atoms with Crippen LogP contribution in [0, 0.1) is 13.8 Å². The molecule has 0 radical (unpaired) electrons. The maximum Gasteiger partial charge on any atom is 0.271 e. The minimum absolute atomic E-state index is 0.0911. The Hall–Kier alpha value is -2.83. The van der Waals surface area contributed by atoms with Gasteiger partial charge >= 0.3 is 0 Å². The largest absolute Gasteiger partial charge is 0.496 e. The number of halogens is 1. The lowest BCUT2D eigenvalue weighted by atomic mass is 10.2. The summed E-state index contributed by atoms with van der Waals surface area (Å²) in [6, 6.07) is 21.6. The smallest absolute Gasteiger partial charge is 0.271 e. The molecule has 0 aliphatic carbocycles. The monoisotopic (exact) mass is 492 g/mol. The zero-order valence-corrected chi connectivity index (χ0v) is 19.8. The quantitative estimate of drug-likeness (QED) is 0.372. The molecule has 4 nitrogen and oxygen atoms in total. The average Bonchev–Trinajstić information content (AvgIpc) is 3.05. The van der Waals surface area contributed by atoms with Crippen molar-refractivity contribution in [1.82, 2.24) is 0 Å². The van der Waals surface area contributed by atoms with Gasteiger partial charge in [-0.05, 0) is 89.6 Å². The molecule has 1 fully saturated rings. The van der Waals surface area contributed by atoms with E-state index in [0.29, 0.717) is 10.1 Å². The van der Waals surface area contributed by atoms with Crippen molar-refractivity contribution in [3.05, 3.63) is 92.8 Å². The van der Waals surface area contributed by atoms with Gasteiger partial charge in [-0.25, -0.2) is 4.99 Å². The summed E-state index contributed by atoms with van der Waals surface area (Å²) in [5.74, 6) is 0.655. The number of nitrogens with zero attached hydrogens (tertiary/aromatic N) is 2. The van der Waals surface area contributed by atoms with Crippen molar-refractivity contribution in [3.8, 4) is 5.75 Å². The van der Waals surface area contributed by atoms with Crippen molar-refractivity contribution in [1.29, 1.82) is 0 Å². The lowest BCUT2D eigenvalue weighted by Crippen LogP contribution is -2.28. The highest BCUT2D eigenvalue weighted by Gasteiger charge is 2.34. The van der Waals surface area contributed by atoms with Gasteiger partial charge in [0.25, 0.3) is 5.91 Å². The van der Waals surface area contributed by atoms with Gasteiger partial charge in [-0.2, -0.15) is 0 Å². The number of ether oxygens (including phenoxy) is 1. The van der Waals surface area contributed by atoms with E-state index in [-0.39, 0.29) is 5.91 Å². The Bertz CT molecular complexity index is 1190. The molecule has 6 heteroatoms. The Morgan fingerprint density at radius 2 is 1.61 bits per heavy atom. The molecule has 1 amide bonds. The van der Waals surface area contributed by atoms with E-state index in [0.717, 1.165) is 32.7 Å². The highest BCUT2D eigenvalue weighted by atomic mass is 79.9. The molecule has 31 heavy (non-hydrogen) atoms. The van der Waals surface area contributed by atoms with E-state index in [2.05, 4.69) is 15.9 Å². The average molecular weight is 493 g/mol. The van der Waals surface area contributed by atoms with Gasteiger partial charge in [0.2, 0.25) is 0 Å². The summed E-state index contributed by atoms with van der Waals surface area (Å²) in [4.78, 5) is 20.4. The number of methoxy groups -OCH3 is 1. The Kier molecular flexibility index (Phi) is 6.30. The summed E-state index contributed by atoms with van der Waals surface area (Å²) in [7, 11) is 1.63. The third-order valence-electron chi connectivity index (χ3n) is 4.83. The van der Waals surface area contributed by atoms with E-state index in [1.807, 2.05) is 86.7 Å². The Morgan fingerprint density at radius 3 is 2.23 bits per heavy atom. The number of anilines is 1. The van der Waals surface area contributed by atoms with Crippen molar-refractivity contribution in [2.24, 2.45) is 4.99 Å². The number of thioether (sulfide) groups is 1. The maximum atomic E-state index is 13.4. The summed E-state index contributed by atoms with van der Waals surface area (Å²) in [6.07, 6.45) is 1.88. The molecular weight excluding hydrogens is 472 g/mol. The summed E-state index contributed by atoms with van der Waals surface area (Å²) in [5, 5.41) is 0.636. The van der Waals surface area contributed by atoms with Gasteiger partial charge in [-0.1, -0.05) is 41.5 Å². The van der Waals surface area contributed by atoms with Gasteiger partial charge in [0.1, 0.15) is 5.75 Å².